The summed E-state index contributed by atoms with van der Waals surface area (Å²) in [4.78, 5) is 21.7. The van der Waals surface area contributed by atoms with Gasteiger partial charge in [-0.2, -0.15) is 14.8 Å². The molecule has 9 heteroatoms. The predicted molar refractivity (Wildman–Crippen MR) is 90.3 cm³/mol. The Hall–Kier alpha value is -2.83. The van der Waals surface area contributed by atoms with Crippen LogP contribution in [0, 0.1) is 17.2 Å². The molecule has 8 nitrogen and oxygen atoms in total. The van der Waals surface area contributed by atoms with E-state index in [0.29, 0.717) is 5.78 Å². The first-order valence-electron chi connectivity index (χ1n) is 7.27. The molecule has 0 aromatic carbocycles. The first-order chi connectivity index (χ1) is 11.6. The second-order valence-electron chi connectivity index (χ2n) is 5.13. The minimum absolute atomic E-state index is 0.155. The number of carbonyl (C=O) groups excluding carboxylic acids is 1. The Morgan fingerprint density at radius 2 is 2.29 bits per heavy atom. The fourth-order valence-corrected chi connectivity index (χ4v) is 3.06. The Labute approximate surface area is 142 Å². The number of carbonyl (C=O) groups is 1. The molecule has 0 bridgehead atoms. The van der Waals surface area contributed by atoms with Gasteiger partial charge in [0.15, 0.2) is 0 Å². The lowest BCUT2D eigenvalue weighted by molar-refractivity contribution is -0.118. The molecule has 3 rings (SSSR count). The van der Waals surface area contributed by atoms with Gasteiger partial charge in [-0.05, 0) is 31.5 Å². The normalized spacial score (nSPS) is 13.4. The molecule has 1 amide bonds. The first kappa shape index (κ1) is 16.0. The van der Waals surface area contributed by atoms with E-state index in [1.165, 1.54) is 0 Å². The standard InChI is InChI=1S/C15H15N7OS/c1-9(8-16)12(17-2)13(23)19-14-20-15-18-6-5-10(22(15)21-14)11-4-3-7-24-11/h3-7,9,12,17H,1-2H3,(H,19,21,23). The molecule has 24 heavy (non-hydrogen) atoms. The molecule has 2 atom stereocenters. The Bertz CT molecular complexity index is 896. The highest BCUT2D eigenvalue weighted by molar-refractivity contribution is 7.13. The molecular weight excluding hydrogens is 326 g/mol. The van der Waals surface area contributed by atoms with Crippen molar-refractivity contribution in [3.05, 3.63) is 29.8 Å². The molecule has 0 fully saturated rings. The van der Waals surface area contributed by atoms with Crippen LogP contribution in [0.4, 0.5) is 5.95 Å². The minimum atomic E-state index is -0.647. The number of nitriles is 1. The maximum Gasteiger partial charge on any atom is 0.254 e. The molecule has 3 aromatic rings. The Morgan fingerprint density at radius 1 is 1.46 bits per heavy atom. The fourth-order valence-electron chi connectivity index (χ4n) is 2.33. The van der Waals surface area contributed by atoms with Crippen molar-refractivity contribution in [3.8, 4) is 16.6 Å². The van der Waals surface area contributed by atoms with Crippen molar-refractivity contribution in [3.63, 3.8) is 0 Å². The monoisotopic (exact) mass is 341 g/mol. The van der Waals surface area contributed by atoms with Crippen molar-refractivity contribution in [2.75, 3.05) is 12.4 Å². The molecule has 122 valence electrons. The van der Waals surface area contributed by atoms with Crippen molar-refractivity contribution in [1.82, 2.24) is 24.9 Å². The molecule has 2 N–H and O–H groups in total. The van der Waals surface area contributed by atoms with E-state index in [1.807, 2.05) is 23.6 Å². The topological polar surface area (TPSA) is 108 Å². The van der Waals surface area contributed by atoms with E-state index in [9.17, 15) is 4.79 Å². The maximum absolute atomic E-state index is 12.3. The number of thiophene rings is 1. The van der Waals surface area contributed by atoms with Gasteiger partial charge in [-0.15, -0.1) is 16.4 Å². The third kappa shape index (κ3) is 2.97. The summed E-state index contributed by atoms with van der Waals surface area (Å²) in [5, 5.41) is 20.8. The molecular formula is C15H15N7OS. The zero-order valence-electron chi connectivity index (χ0n) is 13.1. The van der Waals surface area contributed by atoms with Gasteiger partial charge in [0.05, 0.1) is 22.6 Å². The van der Waals surface area contributed by atoms with Gasteiger partial charge in [-0.1, -0.05) is 6.07 Å². The maximum atomic E-state index is 12.3. The molecule has 0 saturated carbocycles. The van der Waals surface area contributed by atoms with Gasteiger partial charge in [0.1, 0.15) is 6.04 Å². The van der Waals surface area contributed by atoms with Crippen LogP contribution < -0.4 is 10.6 Å². The molecule has 0 saturated heterocycles. The van der Waals surface area contributed by atoms with Gasteiger partial charge in [-0.25, -0.2) is 4.98 Å². The number of hydrogen-bond donors (Lipinski definition) is 2. The van der Waals surface area contributed by atoms with Gasteiger partial charge in [0.25, 0.3) is 11.7 Å². The Balaban J connectivity index is 1.91. The van der Waals surface area contributed by atoms with Crippen molar-refractivity contribution in [2.45, 2.75) is 13.0 Å². The van der Waals surface area contributed by atoms with Crippen molar-refractivity contribution in [1.29, 1.82) is 5.26 Å². The first-order valence-corrected chi connectivity index (χ1v) is 8.15. The fraction of sp³-hybridized carbons (Fsp3) is 0.267. The number of aromatic nitrogens is 4. The number of anilines is 1. The van der Waals surface area contributed by atoms with E-state index < -0.39 is 12.0 Å². The lowest BCUT2D eigenvalue weighted by Crippen LogP contribution is -2.43. The second kappa shape index (κ2) is 6.74. The van der Waals surface area contributed by atoms with Gasteiger partial charge in [0.2, 0.25) is 5.91 Å². The molecule has 3 aromatic heterocycles. The molecule has 0 aliphatic carbocycles. The zero-order valence-corrected chi connectivity index (χ0v) is 13.9. The molecule has 2 unspecified atom stereocenters. The van der Waals surface area contributed by atoms with Crippen LogP contribution >= 0.6 is 11.3 Å². The number of hydrogen-bond acceptors (Lipinski definition) is 7. The van der Waals surface area contributed by atoms with Gasteiger partial charge in [-0.3, -0.25) is 10.1 Å². The molecule has 0 aliphatic heterocycles. The average molecular weight is 341 g/mol. The summed E-state index contributed by atoms with van der Waals surface area (Å²) in [6.45, 7) is 1.67. The molecule has 0 spiro atoms. The molecule has 0 radical (unpaired) electrons. The number of nitrogens with zero attached hydrogens (tertiary/aromatic N) is 5. The van der Waals surface area contributed by atoms with Crippen LogP contribution in [0.5, 0.6) is 0 Å². The van der Waals surface area contributed by atoms with Crippen molar-refractivity contribution >= 4 is 29.0 Å². The van der Waals surface area contributed by atoms with Crippen molar-refractivity contribution in [2.24, 2.45) is 5.92 Å². The van der Waals surface area contributed by atoms with Crippen LogP contribution in [0.2, 0.25) is 0 Å². The van der Waals surface area contributed by atoms with E-state index in [2.05, 4.69) is 31.8 Å². The van der Waals surface area contributed by atoms with Crippen LogP contribution in [0.25, 0.3) is 16.3 Å². The largest absolute Gasteiger partial charge is 0.308 e. The van der Waals surface area contributed by atoms with Gasteiger partial charge in [0, 0.05) is 6.20 Å². The van der Waals surface area contributed by atoms with E-state index >= 15 is 0 Å². The third-order valence-electron chi connectivity index (χ3n) is 3.55. The Morgan fingerprint density at radius 3 is 2.96 bits per heavy atom. The molecule has 0 aliphatic rings. The zero-order chi connectivity index (χ0) is 17.1. The number of rotatable bonds is 5. The SMILES string of the molecule is CNC(C(=O)Nc1nc2nccc(-c3cccs3)n2n1)C(C)C#N. The summed E-state index contributed by atoms with van der Waals surface area (Å²) < 4.78 is 1.59. The molecule has 3 heterocycles. The highest BCUT2D eigenvalue weighted by Gasteiger charge is 2.24. The number of fused-ring (bicyclic) bond motifs is 1. The van der Waals surface area contributed by atoms with E-state index in [0.717, 1.165) is 10.6 Å². The van der Waals surface area contributed by atoms with Crippen molar-refractivity contribution < 1.29 is 4.79 Å². The highest BCUT2D eigenvalue weighted by Crippen LogP contribution is 2.24. The summed E-state index contributed by atoms with van der Waals surface area (Å²) in [5.41, 5.74) is 0.846. The second-order valence-corrected chi connectivity index (χ2v) is 6.08. The minimum Gasteiger partial charge on any atom is -0.308 e. The quantitative estimate of drug-likeness (QED) is 0.729. The number of nitrogens with one attached hydrogen (secondary N) is 2. The average Bonchev–Trinajstić information content (AvgIpc) is 3.23. The van der Waals surface area contributed by atoms with Crippen LogP contribution in [0.15, 0.2) is 29.8 Å². The predicted octanol–water partition coefficient (Wildman–Crippen LogP) is 1.54. The van der Waals surface area contributed by atoms with Gasteiger partial charge < -0.3 is 5.32 Å². The van der Waals surface area contributed by atoms with Crippen LogP contribution in [-0.4, -0.2) is 38.6 Å². The van der Waals surface area contributed by atoms with E-state index in [4.69, 9.17) is 5.26 Å². The van der Waals surface area contributed by atoms with Crippen LogP contribution in [0.3, 0.4) is 0 Å². The van der Waals surface area contributed by atoms with Crippen LogP contribution in [-0.2, 0) is 4.79 Å². The Kier molecular flexibility index (Phi) is 4.50. The smallest absolute Gasteiger partial charge is 0.254 e. The summed E-state index contributed by atoms with van der Waals surface area (Å²) >= 11 is 1.58. The van der Waals surface area contributed by atoms with E-state index in [-0.39, 0.29) is 11.9 Å². The summed E-state index contributed by atoms with van der Waals surface area (Å²) in [6, 6.07) is 7.18. The third-order valence-corrected chi connectivity index (χ3v) is 4.44. The highest BCUT2D eigenvalue weighted by atomic mass is 32.1. The lowest BCUT2D eigenvalue weighted by atomic mass is 10.0. The number of likely N-dealkylation sites (N-methyl/N-ethyl adjacent to an activating group) is 1. The lowest BCUT2D eigenvalue weighted by Gasteiger charge is -2.16. The summed E-state index contributed by atoms with van der Waals surface area (Å²) in [5.74, 6) is -0.292. The van der Waals surface area contributed by atoms with Crippen LogP contribution in [0.1, 0.15) is 6.92 Å². The number of amides is 1. The summed E-state index contributed by atoms with van der Waals surface area (Å²) in [7, 11) is 1.63. The van der Waals surface area contributed by atoms with Gasteiger partial charge >= 0.3 is 0 Å². The summed E-state index contributed by atoms with van der Waals surface area (Å²) in [6.07, 6.45) is 1.65. The van der Waals surface area contributed by atoms with E-state index in [1.54, 1.807) is 36.0 Å².